The number of Topliss-reactive ketones (excluding diaryl/α,β-unsaturated/α-hetero) is 1. The highest BCUT2D eigenvalue weighted by molar-refractivity contribution is 6.01. The van der Waals surface area contributed by atoms with Crippen LogP contribution in [0.5, 0.6) is 0 Å². The molecule has 2 aromatic carbocycles. The molecular formula is C23H25F3N2O2. The minimum absolute atomic E-state index is 0.00704. The summed E-state index contributed by atoms with van der Waals surface area (Å²) in [6, 6.07) is 10.5. The number of carbonyl (C=O) groups is 2. The van der Waals surface area contributed by atoms with Crippen molar-refractivity contribution in [1.82, 2.24) is 0 Å². The van der Waals surface area contributed by atoms with E-state index in [9.17, 15) is 22.8 Å². The Morgan fingerprint density at radius 2 is 1.63 bits per heavy atom. The first-order valence-electron chi connectivity index (χ1n) is 10.1. The summed E-state index contributed by atoms with van der Waals surface area (Å²) < 4.78 is 39.5. The first kappa shape index (κ1) is 21.9. The van der Waals surface area contributed by atoms with Gasteiger partial charge in [-0.1, -0.05) is 29.8 Å². The van der Waals surface area contributed by atoms with Gasteiger partial charge in [-0.05, 0) is 44.4 Å². The van der Waals surface area contributed by atoms with Crippen molar-refractivity contribution in [1.29, 1.82) is 0 Å². The smallest absolute Gasteiger partial charge is 0.370 e. The van der Waals surface area contributed by atoms with Crippen LogP contribution >= 0.6 is 0 Å². The molecule has 2 aromatic rings. The maximum absolute atomic E-state index is 13.2. The maximum atomic E-state index is 13.2. The van der Waals surface area contributed by atoms with E-state index in [1.165, 1.54) is 6.07 Å². The summed E-state index contributed by atoms with van der Waals surface area (Å²) in [6.45, 7) is 3.39. The quantitative estimate of drug-likeness (QED) is 0.621. The molecule has 0 radical (unpaired) electrons. The van der Waals surface area contributed by atoms with Gasteiger partial charge in [0.1, 0.15) is 0 Å². The van der Waals surface area contributed by atoms with Crippen LogP contribution in [0.4, 0.5) is 24.5 Å². The number of benzene rings is 2. The number of alkyl halides is 3. The van der Waals surface area contributed by atoms with E-state index in [0.717, 1.165) is 50.0 Å². The van der Waals surface area contributed by atoms with Gasteiger partial charge in [0.2, 0.25) is 5.91 Å². The van der Waals surface area contributed by atoms with Gasteiger partial charge in [-0.15, -0.1) is 0 Å². The molecule has 1 N–H and O–H groups in total. The van der Waals surface area contributed by atoms with Crippen molar-refractivity contribution in [2.45, 2.75) is 45.2 Å². The number of anilines is 2. The van der Waals surface area contributed by atoms with E-state index in [0.29, 0.717) is 11.3 Å². The fraction of sp³-hybridized carbons (Fsp3) is 0.391. The number of halogens is 3. The second-order valence-corrected chi connectivity index (χ2v) is 7.61. The van der Waals surface area contributed by atoms with E-state index in [2.05, 4.69) is 5.32 Å². The highest BCUT2D eigenvalue weighted by Gasteiger charge is 2.32. The monoisotopic (exact) mass is 418 g/mol. The zero-order chi connectivity index (χ0) is 21.7. The van der Waals surface area contributed by atoms with Crippen LogP contribution in [-0.2, 0) is 11.0 Å². The first-order valence-corrected chi connectivity index (χ1v) is 10.1. The van der Waals surface area contributed by atoms with Crippen molar-refractivity contribution >= 4 is 23.1 Å². The van der Waals surface area contributed by atoms with E-state index >= 15 is 0 Å². The predicted octanol–water partition coefficient (Wildman–Crippen LogP) is 5.61. The Hall–Kier alpha value is -2.83. The SMILES string of the molecule is Cc1ccc(C(=O)CCC(=O)Nc2cc(C(F)(F)F)ccc2N2CCCCC2)cc1. The number of ketones is 1. The molecule has 4 nitrogen and oxygen atoms in total. The zero-order valence-electron chi connectivity index (χ0n) is 16.9. The van der Waals surface area contributed by atoms with E-state index in [1.807, 2.05) is 24.0 Å². The molecule has 1 fully saturated rings. The number of hydrogen-bond acceptors (Lipinski definition) is 3. The number of nitrogens with zero attached hydrogens (tertiary/aromatic N) is 1. The Morgan fingerprint density at radius 1 is 0.967 bits per heavy atom. The van der Waals surface area contributed by atoms with Gasteiger partial charge in [-0.25, -0.2) is 0 Å². The summed E-state index contributed by atoms with van der Waals surface area (Å²) in [5, 5.41) is 2.60. The molecule has 3 rings (SSSR count). The second kappa shape index (κ2) is 9.32. The Kier molecular flexibility index (Phi) is 6.80. The predicted molar refractivity (Wildman–Crippen MR) is 111 cm³/mol. The fourth-order valence-corrected chi connectivity index (χ4v) is 3.55. The lowest BCUT2D eigenvalue weighted by atomic mass is 10.0. The number of aryl methyl sites for hydroxylation is 1. The summed E-state index contributed by atoms with van der Waals surface area (Å²) in [7, 11) is 0. The topological polar surface area (TPSA) is 49.4 Å². The van der Waals surface area contributed by atoms with Crippen molar-refractivity contribution in [3.8, 4) is 0 Å². The molecule has 0 atom stereocenters. The number of piperidine rings is 1. The molecule has 0 aliphatic carbocycles. The molecule has 1 heterocycles. The normalized spacial score (nSPS) is 14.5. The molecule has 0 aromatic heterocycles. The Labute approximate surface area is 174 Å². The minimum atomic E-state index is -4.50. The summed E-state index contributed by atoms with van der Waals surface area (Å²) in [6.07, 6.45) is -1.60. The summed E-state index contributed by atoms with van der Waals surface area (Å²) in [5.41, 5.74) is 1.45. The average Bonchev–Trinajstić information content (AvgIpc) is 2.72. The highest BCUT2D eigenvalue weighted by Crippen LogP contribution is 2.36. The molecule has 0 saturated carbocycles. The molecule has 0 bridgehead atoms. The fourth-order valence-electron chi connectivity index (χ4n) is 3.55. The van der Waals surface area contributed by atoms with E-state index < -0.39 is 17.6 Å². The van der Waals surface area contributed by atoms with Gasteiger partial charge >= 0.3 is 6.18 Å². The van der Waals surface area contributed by atoms with Crippen LogP contribution in [0.2, 0.25) is 0 Å². The summed E-state index contributed by atoms with van der Waals surface area (Å²) in [4.78, 5) is 26.7. The van der Waals surface area contributed by atoms with Gasteiger partial charge in [0.15, 0.2) is 5.78 Å². The molecule has 0 unspecified atom stereocenters. The van der Waals surface area contributed by atoms with Crippen LogP contribution in [0.15, 0.2) is 42.5 Å². The average molecular weight is 418 g/mol. The van der Waals surface area contributed by atoms with Crippen LogP contribution in [-0.4, -0.2) is 24.8 Å². The number of amides is 1. The number of carbonyl (C=O) groups excluding carboxylic acids is 2. The highest BCUT2D eigenvalue weighted by atomic mass is 19.4. The third kappa shape index (κ3) is 5.62. The van der Waals surface area contributed by atoms with Gasteiger partial charge < -0.3 is 10.2 Å². The lowest BCUT2D eigenvalue weighted by Gasteiger charge is -2.31. The largest absolute Gasteiger partial charge is 0.416 e. The van der Waals surface area contributed by atoms with Crippen molar-refractivity contribution in [3.63, 3.8) is 0 Å². The van der Waals surface area contributed by atoms with E-state index in [4.69, 9.17) is 0 Å². The molecule has 1 aliphatic heterocycles. The van der Waals surface area contributed by atoms with Crippen molar-refractivity contribution < 1.29 is 22.8 Å². The van der Waals surface area contributed by atoms with Crippen LogP contribution in [0.25, 0.3) is 0 Å². The third-order valence-electron chi connectivity index (χ3n) is 5.25. The van der Waals surface area contributed by atoms with Crippen molar-refractivity contribution in [2.75, 3.05) is 23.3 Å². The molecule has 30 heavy (non-hydrogen) atoms. The first-order chi connectivity index (χ1) is 14.2. The Balaban J connectivity index is 1.71. The molecule has 1 aliphatic rings. The second-order valence-electron chi connectivity index (χ2n) is 7.61. The van der Waals surface area contributed by atoms with Crippen LogP contribution in [0.3, 0.4) is 0 Å². The minimum Gasteiger partial charge on any atom is -0.370 e. The van der Waals surface area contributed by atoms with Gasteiger partial charge in [0, 0.05) is 31.5 Å². The van der Waals surface area contributed by atoms with Gasteiger partial charge in [-0.3, -0.25) is 9.59 Å². The molecule has 1 saturated heterocycles. The number of nitrogens with one attached hydrogen (secondary N) is 1. The van der Waals surface area contributed by atoms with Crippen LogP contribution in [0, 0.1) is 6.92 Å². The van der Waals surface area contributed by atoms with E-state index in [-0.39, 0.29) is 24.3 Å². The number of hydrogen-bond donors (Lipinski definition) is 1. The van der Waals surface area contributed by atoms with Crippen molar-refractivity contribution in [3.05, 3.63) is 59.2 Å². The Bertz CT molecular complexity index is 902. The van der Waals surface area contributed by atoms with Gasteiger partial charge in [0.05, 0.1) is 16.9 Å². The molecule has 1 amide bonds. The lowest BCUT2D eigenvalue weighted by Crippen LogP contribution is -2.30. The molecule has 7 heteroatoms. The van der Waals surface area contributed by atoms with Crippen molar-refractivity contribution in [2.24, 2.45) is 0 Å². The van der Waals surface area contributed by atoms with Crippen LogP contribution < -0.4 is 10.2 Å². The molecule has 160 valence electrons. The van der Waals surface area contributed by atoms with E-state index in [1.54, 1.807) is 12.1 Å². The van der Waals surface area contributed by atoms with Gasteiger partial charge in [0.25, 0.3) is 0 Å². The standard InChI is InChI=1S/C23H25F3N2O2/c1-16-5-7-17(8-6-16)21(29)11-12-22(30)27-19-15-18(23(24,25)26)9-10-20(19)28-13-3-2-4-14-28/h5-10,15H,2-4,11-14H2,1H3,(H,27,30). The van der Waals surface area contributed by atoms with Gasteiger partial charge in [-0.2, -0.15) is 13.2 Å². The maximum Gasteiger partial charge on any atom is 0.416 e. The Morgan fingerprint density at radius 3 is 2.27 bits per heavy atom. The summed E-state index contributed by atoms with van der Waals surface area (Å²) in [5.74, 6) is -0.654. The van der Waals surface area contributed by atoms with Crippen LogP contribution in [0.1, 0.15) is 53.6 Å². The number of rotatable bonds is 6. The summed E-state index contributed by atoms with van der Waals surface area (Å²) >= 11 is 0. The molecule has 0 spiro atoms. The zero-order valence-corrected chi connectivity index (χ0v) is 16.9. The molecular weight excluding hydrogens is 393 g/mol. The third-order valence-corrected chi connectivity index (χ3v) is 5.25. The lowest BCUT2D eigenvalue weighted by molar-refractivity contribution is -0.137.